The molecule has 1 amide bonds. The van der Waals surface area contributed by atoms with Gasteiger partial charge in [0, 0.05) is 24.6 Å². The van der Waals surface area contributed by atoms with Crippen LogP contribution in [0.1, 0.15) is 30.9 Å². The summed E-state index contributed by atoms with van der Waals surface area (Å²) in [5.41, 5.74) is 6.74. The van der Waals surface area contributed by atoms with E-state index in [1.54, 1.807) is 7.11 Å². The first-order chi connectivity index (χ1) is 10.2. The van der Waals surface area contributed by atoms with E-state index >= 15 is 0 Å². The van der Waals surface area contributed by atoms with Gasteiger partial charge in [-0.05, 0) is 43.0 Å². The van der Waals surface area contributed by atoms with Gasteiger partial charge in [0.15, 0.2) is 0 Å². The standard InChI is InChI=1S/C16H23ClN2O2.ClH/c1-21-15(11-5-7-13(17)8-6-11)10-19-16(20)14-4-2-3-12(14)9-18;/h5-8,12,14-15H,2-4,9-10,18H2,1H3,(H,19,20);1H/t12-,14-,15?;/m1./s1. The Morgan fingerprint density at radius 3 is 2.68 bits per heavy atom. The van der Waals surface area contributed by atoms with Crippen LogP contribution in [0, 0.1) is 11.8 Å². The molecule has 22 heavy (non-hydrogen) atoms. The molecular weight excluding hydrogens is 323 g/mol. The molecule has 0 bridgehead atoms. The molecule has 1 aromatic carbocycles. The van der Waals surface area contributed by atoms with Crippen molar-refractivity contribution in [3.8, 4) is 0 Å². The highest BCUT2D eigenvalue weighted by molar-refractivity contribution is 6.30. The van der Waals surface area contributed by atoms with Gasteiger partial charge in [-0.2, -0.15) is 0 Å². The van der Waals surface area contributed by atoms with Crippen molar-refractivity contribution < 1.29 is 9.53 Å². The van der Waals surface area contributed by atoms with Gasteiger partial charge in [-0.15, -0.1) is 12.4 Å². The van der Waals surface area contributed by atoms with Crippen molar-refractivity contribution in [2.45, 2.75) is 25.4 Å². The number of methoxy groups -OCH3 is 1. The molecule has 0 radical (unpaired) electrons. The van der Waals surface area contributed by atoms with Crippen LogP contribution in [0.3, 0.4) is 0 Å². The highest BCUT2D eigenvalue weighted by Gasteiger charge is 2.32. The van der Waals surface area contributed by atoms with Crippen molar-refractivity contribution in [3.05, 3.63) is 34.9 Å². The molecule has 0 aromatic heterocycles. The summed E-state index contributed by atoms with van der Waals surface area (Å²) in [6, 6.07) is 7.49. The van der Waals surface area contributed by atoms with E-state index in [1.807, 2.05) is 24.3 Å². The zero-order valence-corrected chi connectivity index (χ0v) is 14.3. The first-order valence-electron chi connectivity index (χ1n) is 7.41. The smallest absolute Gasteiger partial charge is 0.223 e. The highest BCUT2D eigenvalue weighted by Crippen LogP contribution is 2.31. The van der Waals surface area contributed by atoms with Gasteiger partial charge in [0.25, 0.3) is 0 Å². The zero-order valence-electron chi connectivity index (χ0n) is 12.8. The molecule has 3 N–H and O–H groups in total. The Hall–Kier alpha value is -0.810. The lowest BCUT2D eigenvalue weighted by atomic mass is 9.95. The van der Waals surface area contributed by atoms with E-state index in [9.17, 15) is 4.79 Å². The molecule has 3 atom stereocenters. The lowest BCUT2D eigenvalue weighted by Crippen LogP contribution is -2.37. The van der Waals surface area contributed by atoms with E-state index in [-0.39, 0.29) is 30.3 Å². The van der Waals surface area contributed by atoms with Gasteiger partial charge in [0.2, 0.25) is 5.91 Å². The summed E-state index contributed by atoms with van der Waals surface area (Å²) in [6.45, 7) is 1.05. The summed E-state index contributed by atoms with van der Waals surface area (Å²) in [7, 11) is 1.64. The molecule has 0 saturated heterocycles. The lowest BCUT2D eigenvalue weighted by Gasteiger charge is -2.21. The first kappa shape index (κ1) is 19.2. The maximum Gasteiger partial charge on any atom is 0.223 e. The monoisotopic (exact) mass is 346 g/mol. The number of hydrogen-bond acceptors (Lipinski definition) is 3. The third kappa shape index (κ3) is 4.85. The Balaban J connectivity index is 0.00000242. The maximum absolute atomic E-state index is 12.3. The zero-order chi connectivity index (χ0) is 15.2. The fourth-order valence-electron chi connectivity index (χ4n) is 3.00. The number of carbonyl (C=O) groups excluding carboxylic acids is 1. The second kappa shape index (κ2) is 9.36. The van der Waals surface area contributed by atoms with Gasteiger partial charge in [-0.3, -0.25) is 4.79 Å². The second-order valence-electron chi connectivity index (χ2n) is 5.55. The molecule has 6 heteroatoms. The van der Waals surface area contributed by atoms with E-state index in [4.69, 9.17) is 22.1 Å². The van der Waals surface area contributed by atoms with Crippen molar-refractivity contribution in [2.24, 2.45) is 17.6 Å². The topological polar surface area (TPSA) is 64.3 Å². The van der Waals surface area contributed by atoms with E-state index < -0.39 is 0 Å². The van der Waals surface area contributed by atoms with Gasteiger partial charge in [-0.25, -0.2) is 0 Å². The minimum Gasteiger partial charge on any atom is -0.375 e. The van der Waals surface area contributed by atoms with Gasteiger partial charge in [-0.1, -0.05) is 30.2 Å². The van der Waals surface area contributed by atoms with E-state index in [1.165, 1.54) is 0 Å². The number of rotatable bonds is 6. The number of amides is 1. The van der Waals surface area contributed by atoms with Crippen molar-refractivity contribution in [1.29, 1.82) is 0 Å². The second-order valence-corrected chi connectivity index (χ2v) is 5.99. The molecule has 0 heterocycles. The quantitative estimate of drug-likeness (QED) is 0.832. The van der Waals surface area contributed by atoms with Crippen molar-refractivity contribution in [2.75, 3.05) is 20.2 Å². The third-order valence-corrected chi connectivity index (χ3v) is 4.54. The number of nitrogens with two attached hydrogens (primary N) is 1. The van der Waals surface area contributed by atoms with E-state index in [0.717, 1.165) is 24.8 Å². The van der Waals surface area contributed by atoms with E-state index in [0.29, 0.717) is 24.0 Å². The molecule has 1 aliphatic rings. The normalized spacial score (nSPS) is 22.0. The van der Waals surface area contributed by atoms with Crippen LogP contribution in [-0.2, 0) is 9.53 Å². The Bertz CT molecular complexity index is 468. The van der Waals surface area contributed by atoms with Crippen LogP contribution >= 0.6 is 24.0 Å². The van der Waals surface area contributed by atoms with Crippen LogP contribution in [0.2, 0.25) is 5.02 Å². The molecule has 1 aromatic rings. The number of halogens is 2. The van der Waals surface area contributed by atoms with Crippen LogP contribution in [0.4, 0.5) is 0 Å². The predicted molar refractivity (Wildman–Crippen MR) is 91.3 cm³/mol. The minimum atomic E-state index is -0.163. The molecule has 0 aliphatic heterocycles. The maximum atomic E-state index is 12.3. The molecule has 124 valence electrons. The molecular formula is C16H24Cl2N2O2. The third-order valence-electron chi connectivity index (χ3n) is 4.29. The van der Waals surface area contributed by atoms with Gasteiger partial charge in [0.05, 0.1) is 6.10 Å². The van der Waals surface area contributed by atoms with Gasteiger partial charge in [0.1, 0.15) is 0 Å². The molecule has 1 aliphatic carbocycles. The van der Waals surface area contributed by atoms with Crippen molar-refractivity contribution >= 4 is 29.9 Å². The minimum absolute atomic E-state index is 0. The van der Waals surface area contributed by atoms with Crippen LogP contribution in [0.5, 0.6) is 0 Å². The lowest BCUT2D eigenvalue weighted by molar-refractivity contribution is -0.126. The average Bonchev–Trinajstić information content (AvgIpc) is 2.98. The molecule has 2 rings (SSSR count). The highest BCUT2D eigenvalue weighted by atomic mass is 35.5. The average molecular weight is 347 g/mol. The largest absolute Gasteiger partial charge is 0.375 e. The molecule has 4 nitrogen and oxygen atoms in total. The molecule has 1 saturated carbocycles. The van der Waals surface area contributed by atoms with Crippen LogP contribution < -0.4 is 11.1 Å². The summed E-state index contributed by atoms with van der Waals surface area (Å²) < 4.78 is 5.46. The van der Waals surface area contributed by atoms with Gasteiger partial charge >= 0.3 is 0 Å². The summed E-state index contributed by atoms with van der Waals surface area (Å²) in [6.07, 6.45) is 2.92. The number of ether oxygens (including phenoxy) is 1. The fraction of sp³-hybridized carbons (Fsp3) is 0.562. The summed E-state index contributed by atoms with van der Waals surface area (Å²) in [4.78, 5) is 12.3. The summed E-state index contributed by atoms with van der Waals surface area (Å²) in [5, 5.41) is 3.69. The Morgan fingerprint density at radius 2 is 2.09 bits per heavy atom. The van der Waals surface area contributed by atoms with Crippen LogP contribution in [0.15, 0.2) is 24.3 Å². The Labute approximate surface area is 143 Å². The van der Waals surface area contributed by atoms with Crippen LogP contribution in [0.25, 0.3) is 0 Å². The van der Waals surface area contributed by atoms with Crippen molar-refractivity contribution in [3.63, 3.8) is 0 Å². The first-order valence-corrected chi connectivity index (χ1v) is 7.79. The number of carbonyl (C=O) groups is 1. The molecule has 1 unspecified atom stereocenters. The van der Waals surface area contributed by atoms with Crippen LogP contribution in [-0.4, -0.2) is 26.1 Å². The number of nitrogens with one attached hydrogen (secondary N) is 1. The fourth-order valence-corrected chi connectivity index (χ4v) is 3.13. The summed E-state index contributed by atoms with van der Waals surface area (Å²) in [5.74, 6) is 0.471. The Kier molecular flexibility index (Phi) is 8.18. The molecule has 0 spiro atoms. The molecule has 1 fully saturated rings. The Morgan fingerprint density at radius 1 is 1.41 bits per heavy atom. The van der Waals surface area contributed by atoms with Gasteiger partial charge < -0.3 is 15.8 Å². The summed E-state index contributed by atoms with van der Waals surface area (Å²) >= 11 is 5.88. The predicted octanol–water partition coefficient (Wildman–Crippen LogP) is 2.94. The van der Waals surface area contributed by atoms with E-state index in [2.05, 4.69) is 5.32 Å². The number of hydrogen-bond donors (Lipinski definition) is 2. The van der Waals surface area contributed by atoms with Crippen molar-refractivity contribution in [1.82, 2.24) is 5.32 Å². The number of benzene rings is 1. The SMILES string of the molecule is COC(CNC(=O)[C@@H]1CCC[C@@H]1CN)c1ccc(Cl)cc1.Cl.